The van der Waals surface area contributed by atoms with Gasteiger partial charge >= 0.3 is 0 Å². The molecule has 24 heavy (non-hydrogen) atoms. The maximum absolute atomic E-state index is 13.0. The van der Waals surface area contributed by atoms with Gasteiger partial charge in [0.25, 0.3) is 11.8 Å². The van der Waals surface area contributed by atoms with Crippen molar-refractivity contribution in [2.75, 3.05) is 18.5 Å². The molecule has 5 nitrogen and oxygen atoms in total. The quantitative estimate of drug-likeness (QED) is 0.927. The highest BCUT2D eigenvalue weighted by Crippen LogP contribution is 2.35. The number of nitrogens with zero attached hydrogens (tertiary/aromatic N) is 1. The Morgan fingerprint density at radius 3 is 2.88 bits per heavy atom. The van der Waals surface area contributed by atoms with Crippen LogP contribution in [-0.4, -0.2) is 35.9 Å². The second-order valence-electron chi connectivity index (χ2n) is 7.23. The van der Waals surface area contributed by atoms with Crippen LogP contribution < -0.4 is 10.1 Å². The molecule has 4 rings (SSSR count). The van der Waals surface area contributed by atoms with Crippen LogP contribution in [0.1, 0.15) is 55.3 Å². The molecule has 1 atom stereocenters. The van der Waals surface area contributed by atoms with E-state index in [1.54, 1.807) is 18.2 Å². The predicted molar refractivity (Wildman–Crippen MR) is 91.2 cm³/mol. The Labute approximate surface area is 142 Å². The molecule has 1 aliphatic carbocycles. The summed E-state index contributed by atoms with van der Waals surface area (Å²) in [6, 6.07) is 5.72. The van der Waals surface area contributed by atoms with E-state index < -0.39 is 0 Å². The van der Waals surface area contributed by atoms with Crippen LogP contribution in [0.2, 0.25) is 0 Å². The summed E-state index contributed by atoms with van der Waals surface area (Å²) in [4.78, 5) is 26.5. The molecule has 2 heterocycles. The van der Waals surface area contributed by atoms with Crippen molar-refractivity contribution in [2.24, 2.45) is 5.92 Å². The number of amides is 2. The summed E-state index contributed by atoms with van der Waals surface area (Å²) >= 11 is 0. The fourth-order valence-corrected chi connectivity index (χ4v) is 4.00. The van der Waals surface area contributed by atoms with Crippen molar-refractivity contribution in [1.29, 1.82) is 0 Å². The maximum Gasteiger partial charge on any atom is 0.262 e. The average molecular weight is 328 g/mol. The molecular formula is C19H24N2O3. The van der Waals surface area contributed by atoms with Crippen LogP contribution in [0.5, 0.6) is 5.75 Å². The molecular weight excluding hydrogens is 304 g/mol. The monoisotopic (exact) mass is 328 g/mol. The number of fused-ring (bicyclic) bond motifs is 1. The van der Waals surface area contributed by atoms with Crippen LogP contribution in [0.3, 0.4) is 0 Å². The second kappa shape index (κ2) is 6.46. The van der Waals surface area contributed by atoms with Crippen LogP contribution >= 0.6 is 0 Å². The molecule has 2 amide bonds. The fourth-order valence-electron chi connectivity index (χ4n) is 4.00. The van der Waals surface area contributed by atoms with Gasteiger partial charge in [0.05, 0.1) is 5.69 Å². The Morgan fingerprint density at radius 2 is 2.08 bits per heavy atom. The molecule has 128 valence electrons. The molecule has 1 aromatic carbocycles. The van der Waals surface area contributed by atoms with Crippen LogP contribution in [-0.2, 0) is 4.79 Å². The van der Waals surface area contributed by atoms with Crippen LogP contribution in [0.25, 0.3) is 0 Å². The van der Waals surface area contributed by atoms with Crippen LogP contribution in [0.4, 0.5) is 5.69 Å². The Hall–Kier alpha value is -2.04. The zero-order valence-corrected chi connectivity index (χ0v) is 13.9. The van der Waals surface area contributed by atoms with E-state index in [1.807, 2.05) is 0 Å². The van der Waals surface area contributed by atoms with Crippen molar-refractivity contribution in [3.63, 3.8) is 0 Å². The van der Waals surface area contributed by atoms with Crippen molar-refractivity contribution < 1.29 is 14.3 Å². The Morgan fingerprint density at radius 1 is 1.21 bits per heavy atom. The number of carbonyl (C=O) groups excluding carboxylic acids is 2. The third-order valence-electron chi connectivity index (χ3n) is 5.58. The highest BCUT2D eigenvalue weighted by molar-refractivity contribution is 5.99. The number of nitrogens with one attached hydrogen (secondary N) is 1. The second-order valence-corrected chi connectivity index (χ2v) is 7.23. The first-order valence-electron chi connectivity index (χ1n) is 9.08. The highest BCUT2D eigenvalue weighted by atomic mass is 16.5. The standard InChI is InChI=1S/C19H24N2O3/c22-18-12-24-17-11-14(7-8-16(17)20-18)19(23)21-9-2-1-6-15(21)10-13-4-3-5-13/h7-8,11,13,15H,1-6,9-10,12H2,(H,20,22). The minimum atomic E-state index is -0.154. The number of piperidine rings is 1. The Kier molecular flexibility index (Phi) is 4.17. The summed E-state index contributed by atoms with van der Waals surface area (Å²) < 4.78 is 5.45. The Bertz CT molecular complexity index is 654. The number of hydrogen-bond acceptors (Lipinski definition) is 3. The molecule has 1 saturated heterocycles. The molecule has 1 unspecified atom stereocenters. The summed E-state index contributed by atoms with van der Waals surface area (Å²) in [7, 11) is 0. The largest absolute Gasteiger partial charge is 0.482 e. The summed E-state index contributed by atoms with van der Waals surface area (Å²) in [6.45, 7) is 0.865. The van der Waals surface area contributed by atoms with Gasteiger partial charge in [-0.3, -0.25) is 9.59 Å². The number of anilines is 1. The Balaban J connectivity index is 1.51. The molecule has 2 fully saturated rings. The summed E-state index contributed by atoms with van der Waals surface area (Å²) in [5.41, 5.74) is 1.30. The SMILES string of the molecule is O=C1COc2cc(C(=O)N3CCCCC3CC3CCC3)ccc2N1. The number of carbonyl (C=O) groups is 2. The summed E-state index contributed by atoms with van der Waals surface area (Å²) in [5, 5.41) is 2.77. The lowest BCUT2D eigenvalue weighted by Gasteiger charge is -2.39. The molecule has 0 spiro atoms. The van der Waals surface area contributed by atoms with E-state index in [-0.39, 0.29) is 18.4 Å². The zero-order chi connectivity index (χ0) is 16.5. The lowest BCUT2D eigenvalue weighted by Crippen LogP contribution is -2.45. The number of ether oxygens (including phenoxy) is 1. The molecule has 0 bridgehead atoms. The molecule has 2 aliphatic heterocycles. The van der Waals surface area contributed by atoms with Gasteiger partial charge in [0.2, 0.25) is 0 Å². The van der Waals surface area contributed by atoms with Gasteiger partial charge in [-0.1, -0.05) is 19.3 Å². The van der Waals surface area contributed by atoms with Gasteiger partial charge in [0.15, 0.2) is 6.61 Å². The topological polar surface area (TPSA) is 58.6 Å². The highest BCUT2D eigenvalue weighted by Gasteiger charge is 2.31. The molecule has 0 radical (unpaired) electrons. The molecule has 0 aromatic heterocycles. The number of likely N-dealkylation sites (tertiary alicyclic amines) is 1. The van der Waals surface area contributed by atoms with Gasteiger partial charge in [0.1, 0.15) is 5.75 Å². The predicted octanol–water partition coefficient (Wildman–Crippen LogP) is 3.20. The summed E-state index contributed by atoms with van der Waals surface area (Å²) in [6.07, 6.45) is 8.59. The van der Waals surface area contributed by atoms with E-state index in [0.29, 0.717) is 23.0 Å². The van der Waals surface area contributed by atoms with Crippen molar-refractivity contribution in [2.45, 2.75) is 51.0 Å². The minimum absolute atomic E-state index is 0.0126. The third kappa shape index (κ3) is 2.99. The number of hydrogen-bond donors (Lipinski definition) is 1. The first kappa shape index (κ1) is 15.5. The van der Waals surface area contributed by atoms with Crippen molar-refractivity contribution >= 4 is 17.5 Å². The van der Waals surface area contributed by atoms with Crippen molar-refractivity contribution in [3.8, 4) is 5.75 Å². The van der Waals surface area contributed by atoms with Gasteiger partial charge in [0, 0.05) is 18.2 Å². The van der Waals surface area contributed by atoms with E-state index in [2.05, 4.69) is 10.2 Å². The van der Waals surface area contributed by atoms with Gasteiger partial charge in [-0.15, -0.1) is 0 Å². The van der Waals surface area contributed by atoms with Gasteiger partial charge in [-0.25, -0.2) is 0 Å². The first-order chi connectivity index (χ1) is 11.7. The fraction of sp³-hybridized carbons (Fsp3) is 0.579. The third-order valence-corrected chi connectivity index (χ3v) is 5.58. The van der Waals surface area contributed by atoms with Crippen molar-refractivity contribution in [1.82, 2.24) is 4.90 Å². The van der Waals surface area contributed by atoms with Crippen molar-refractivity contribution in [3.05, 3.63) is 23.8 Å². The van der Waals surface area contributed by atoms with Gasteiger partial charge in [-0.2, -0.15) is 0 Å². The van der Waals surface area contributed by atoms with E-state index in [1.165, 1.54) is 25.7 Å². The maximum atomic E-state index is 13.0. The smallest absolute Gasteiger partial charge is 0.262 e. The molecule has 1 aromatic rings. The number of benzene rings is 1. The molecule has 1 saturated carbocycles. The van der Waals surface area contributed by atoms with Gasteiger partial charge < -0.3 is 15.0 Å². The van der Waals surface area contributed by atoms with Crippen LogP contribution in [0.15, 0.2) is 18.2 Å². The zero-order valence-electron chi connectivity index (χ0n) is 13.9. The average Bonchev–Trinajstić information content (AvgIpc) is 2.57. The lowest BCUT2D eigenvalue weighted by atomic mass is 9.79. The number of rotatable bonds is 3. The van der Waals surface area contributed by atoms with E-state index in [9.17, 15) is 9.59 Å². The molecule has 3 aliphatic rings. The minimum Gasteiger partial charge on any atom is -0.482 e. The van der Waals surface area contributed by atoms with E-state index in [0.717, 1.165) is 31.7 Å². The summed E-state index contributed by atoms with van der Waals surface area (Å²) in [5.74, 6) is 1.35. The molecule has 1 N–H and O–H groups in total. The van der Waals surface area contributed by atoms with Crippen LogP contribution in [0, 0.1) is 5.92 Å². The van der Waals surface area contributed by atoms with E-state index >= 15 is 0 Å². The van der Waals surface area contributed by atoms with Gasteiger partial charge in [-0.05, 0) is 49.8 Å². The van der Waals surface area contributed by atoms with E-state index in [4.69, 9.17) is 4.74 Å². The first-order valence-corrected chi connectivity index (χ1v) is 9.08. The lowest BCUT2D eigenvalue weighted by molar-refractivity contribution is -0.118. The molecule has 5 heteroatoms. The normalized spacial score (nSPS) is 23.8.